The van der Waals surface area contributed by atoms with E-state index in [0.717, 1.165) is 0 Å². The van der Waals surface area contributed by atoms with Gasteiger partial charge in [-0.3, -0.25) is 9.69 Å². The van der Waals surface area contributed by atoms with Gasteiger partial charge in [0.15, 0.2) is 8.32 Å². The number of amides is 2. The second kappa shape index (κ2) is 8.99. The van der Waals surface area contributed by atoms with E-state index in [2.05, 4.69) is 33.9 Å². The molecule has 0 aromatic carbocycles. The molecule has 2 aliphatic rings. The predicted octanol–water partition coefficient (Wildman–Crippen LogP) is 4.22. The van der Waals surface area contributed by atoms with E-state index in [1.165, 1.54) is 26.5 Å². The Labute approximate surface area is 193 Å². The molecule has 2 N–H and O–H groups in total. The van der Waals surface area contributed by atoms with E-state index < -0.39 is 26.0 Å². The fourth-order valence-electron chi connectivity index (χ4n) is 3.02. The number of fused-ring (bicyclic) bond motifs is 1. The van der Waals surface area contributed by atoms with Gasteiger partial charge in [0.05, 0.1) is 16.9 Å². The Balaban J connectivity index is 2.29. The summed E-state index contributed by atoms with van der Waals surface area (Å²) in [6, 6.07) is 0. The Bertz CT molecular complexity index is 788. The van der Waals surface area contributed by atoms with Gasteiger partial charge in [-0.05, 0) is 45.8 Å². The molecule has 11 heteroatoms. The van der Waals surface area contributed by atoms with Crippen LogP contribution in [0.15, 0.2) is 10.6 Å². The Hall–Kier alpha value is -1.17. The van der Waals surface area contributed by atoms with Crippen LogP contribution in [0.3, 0.4) is 0 Å². The van der Waals surface area contributed by atoms with Crippen molar-refractivity contribution in [3.05, 3.63) is 10.6 Å². The molecule has 0 unspecified atom stereocenters. The highest BCUT2D eigenvalue weighted by atomic mass is 33.1. The average molecular weight is 491 g/mol. The molecule has 2 aliphatic heterocycles. The van der Waals surface area contributed by atoms with Crippen molar-refractivity contribution >= 4 is 47.9 Å². The second-order valence-corrected chi connectivity index (χ2v) is 17.4. The minimum atomic E-state index is -2.07. The lowest BCUT2D eigenvalue weighted by atomic mass is 9.92. The quantitative estimate of drug-likeness (QED) is 0.255. The van der Waals surface area contributed by atoms with Crippen LogP contribution in [0.4, 0.5) is 4.79 Å². The maximum Gasteiger partial charge on any atom is 0.404 e. The molecule has 2 rings (SSSR count). The summed E-state index contributed by atoms with van der Waals surface area (Å²) in [6.07, 6.45) is -1.24. The van der Waals surface area contributed by atoms with Crippen molar-refractivity contribution in [2.75, 3.05) is 6.61 Å². The van der Waals surface area contributed by atoms with E-state index in [4.69, 9.17) is 19.6 Å². The highest BCUT2D eigenvalue weighted by Gasteiger charge is 2.57. The van der Waals surface area contributed by atoms with Crippen molar-refractivity contribution < 1.29 is 28.3 Å². The normalized spacial score (nSPS) is 23.1. The van der Waals surface area contributed by atoms with Gasteiger partial charge in [-0.2, -0.15) is 0 Å². The first-order valence-corrected chi connectivity index (χ1v) is 15.3. The Morgan fingerprint density at radius 3 is 2.26 bits per heavy atom. The minimum Gasteiger partial charge on any atom is -0.455 e. The maximum atomic E-state index is 13.2. The van der Waals surface area contributed by atoms with Crippen LogP contribution in [0, 0.1) is 5.92 Å². The summed E-state index contributed by atoms with van der Waals surface area (Å²) in [6.45, 7) is 17.8. The molecule has 1 fully saturated rings. The summed E-state index contributed by atoms with van der Waals surface area (Å²) in [5.41, 5.74) is 4.46. The van der Waals surface area contributed by atoms with Crippen molar-refractivity contribution in [1.82, 2.24) is 4.90 Å². The zero-order valence-corrected chi connectivity index (χ0v) is 22.4. The number of β-lactam (4-membered cyclic amide) rings is 1. The molecule has 0 aromatic rings. The lowest BCUT2D eigenvalue weighted by Gasteiger charge is -2.52. The molecular formula is C20H34N2O6S2Si. The summed E-state index contributed by atoms with van der Waals surface area (Å²) < 4.78 is 16.9. The van der Waals surface area contributed by atoms with Crippen molar-refractivity contribution in [1.29, 1.82) is 0 Å². The Morgan fingerprint density at radius 1 is 1.19 bits per heavy atom. The van der Waals surface area contributed by atoms with Gasteiger partial charge in [-0.15, -0.1) is 0 Å². The van der Waals surface area contributed by atoms with Crippen LogP contribution in [-0.2, 0) is 23.5 Å². The first-order valence-electron chi connectivity index (χ1n) is 10.2. The smallest absolute Gasteiger partial charge is 0.404 e. The van der Waals surface area contributed by atoms with E-state index in [1.54, 1.807) is 20.8 Å². The number of carbonyl (C=O) groups excluding carboxylic acids is 3. The topological polar surface area (TPSA) is 108 Å². The standard InChI is InChI=1S/C20H34N2O6S2Si/c1-11(28-31(8,9)20(5,6)7)13-15(23)22-14(17(24)27-19(2,3)4)12(10-26-18(21)25)29-30-16(13)22/h11,13,16H,10H2,1-9H3,(H2,21,25)/t11-,13+,16-/m1/s1. The number of ether oxygens (including phenoxy) is 2. The molecular weight excluding hydrogens is 456 g/mol. The molecule has 0 spiro atoms. The number of nitrogens with zero attached hydrogens (tertiary/aromatic N) is 1. The van der Waals surface area contributed by atoms with Crippen LogP contribution >= 0.6 is 21.6 Å². The molecule has 1 saturated heterocycles. The molecule has 2 amide bonds. The SMILES string of the molecule is C[C@@H](O[Si](C)(C)C(C)(C)C)[C@H]1C(=O)N2C(C(=O)OC(C)(C)C)=C(COC(N)=O)SS[C@H]12. The Kier molecular flexibility index (Phi) is 7.56. The number of primary amides is 1. The van der Waals surface area contributed by atoms with Gasteiger partial charge in [-0.25, -0.2) is 9.59 Å². The first-order chi connectivity index (χ1) is 14.0. The van der Waals surface area contributed by atoms with Crippen molar-refractivity contribution in [2.45, 2.75) is 83.7 Å². The van der Waals surface area contributed by atoms with Crippen molar-refractivity contribution in [3.63, 3.8) is 0 Å². The van der Waals surface area contributed by atoms with Crippen LogP contribution in [0.25, 0.3) is 0 Å². The molecule has 0 aliphatic carbocycles. The summed E-state index contributed by atoms with van der Waals surface area (Å²) in [4.78, 5) is 39.1. The van der Waals surface area contributed by atoms with E-state index in [-0.39, 0.29) is 40.6 Å². The zero-order chi connectivity index (χ0) is 23.9. The summed E-state index contributed by atoms with van der Waals surface area (Å²) in [7, 11) is 0.677. The zero-order valence-electron chi connectivity index (χ0n) is 19.7. The molecule has 0 saturated carbocycles. The highest BCUT2D eigenvalue weighted by molar-refractivity contribution is 8.78. The third-order valence-electron chi connectivity index (χ3n) is 5.57. The van der Waals surface area contributed by atoms with Gasteiger partial charge < -0.3 is 19.6 Å². The fourth-order valence-corrected chi connectivity index (χ4v) is 7.43. The van der Waals surface area contributed by atoms with Crippen LogP contribution in [0.5, 0.6) is 0 Å². The molecule has 0 bridgehead atoms. The summed E-state index contributed by atoms with van der Waals surface area (Å²) in [5.74, 6) is -1.19. The van der Waals surface area contributed by atoms with Gasteiger partial charge >= 0.3 is 12.1 Å². The van der Waals surface area contributed by atoms with E-state index in [9.17, 15) is 14.4 Å². The fraction of sp³-hybridized carbons (Fsp3) is 0.750. The van der Waals surface area contributed by atoms with Crippen LogP contribution in [0.2, 0.25) is 18.1 Å². The minimum absolute atomic E-state index is 0.0169. The van der Waals surface area contributed by atoms with Crippen molar-refractivity contribution in [3.8, 4) is 0 Å². The Morgan fingerprint density at radius 2 is 1.77 bits per heavy atom. The molecule has 176 valence electrons. The predicted molar refractivity (Wildman–Crippen MR) is 125 cm³/mol. The van der Waals surface area contributed by atoms with Crippen LogP contribution in [0.1, 0.15) is 48.5 Å². The monoisotopic (exact) mass is 490 g/mol. The second-order valence-electron chi connectivity index (χ2n) is 10.3. The molecule has 2 heterocycles. The lowest BCUT2D eigenvalue weighted by molar-refractivity contribution is -0.163. The molecule has 31 heavy (non-hydrogen) atoms. The summed E-state index contributed by atoms with van der Waals surface area (Å²) >= 11 is 0. The van der Waals surface area contributed by atoms with Gasteiger partial charge in [0.1, 0.15) is 23.3 Å². The van der Waals surface area contributed by atoms with Gasteiger partial charge in [0.2, 0.25) is 5.91 Å². The third-order valence-corrected chi connectivity index (χ3v) is 12.9. The first kappa shape index (κ1) is 26.1. The number of rotatable bonds is 6. The lowest BCUT2D eigenvalue weighted by Crippen LogP contribution is -2.65. The molecule has 8 nitrogen and oxygen atoms in total. The van der Waals surface area contributed by atoms with Gasteiger partial charge in [-0.1, -0.05) is 42.4 Å². The molecule has 0 aromatic heterocycles. The number of hydrogen-bond donors (Lipinski definition) is 1. The van der Waals surface area contributed by atoms with E-state index >= 15 is 0 Å². The van der Waals surface area contributed by atoms with Gasteiger partial charge in [0.25, 0.3) is 0 Å². The number of carbonyl (C=O) groups is 3. The summed E-state index contributed by atoms with van der Waals surface area (Å²) in [5, 5.41) is -0.250. The van der Waals surface area contributed by atoms with Gasteiger partial charge in [0, 0.05) is 0 Å². The van der Waals surface area contributed by atoms with Crippen LogP contribution in [-0.4, -0.2) is 54.9 Å². The van der Waals surface area contributed by atoms with Crippen molar-refractivity contribution in [2.24, 2.45) is 11.7 Å². The number of nitrogens with two attached hydrogens (primary N) is 1. The average Bonchev–Trinajstić information content (AvgIpc) is 2.55. The highest BCUT2D eigenvalue weighted by Crippen LogP contribution is 2.54. The van der Waals surface area contributed by atoms with Crippen LogP contribution < -0.4 is 5.73 Å². The largest absolute Gasteiger partial charge is 0.455 e. The molecule has 0 radical (unpaired) electrons. The number of hydrogen-bond acceptors (Lipinski definition) is 8. The van der Waals surface area contributed by atoms with E-state index in [1.807, 2.05) is 6.92 Å². The maximum absolute atomic E-state index is 13.2. The third kappa shape index (κ3) is 5.80. The molecule has 3 atom stereocenters. The van der Waals surface area contributed by atoms with E-state index in [0.29, 0.717) is 4.91 Å². The number of esters is 1.